The molecule has 1 aliphatic heterocycles. The van der Waals surface area contributed by atoms with Crippen molar-refractivity contribution in [1.82, 2.24) is 0 Å². The van der Waals surface area contributed by atoms with Crippen molar-refractivity contribution in [2.24, 2.45) is 16.7 Å². The highest BCUT2D eigenvalue weighted by Gasteiger charge is 2.78. The van der Waals surface area contributed by atoms with Crippen LogP contribution in [0.25, 0.3) is 0 Å². The Balaban J connectivity index is 1.92. The average Bonchev–Trinajstić information content (AvgIpc) is 0.682. The van der Waals surface area contributed by atoms with Crippen LogP contribution in [-0.2, 0) is 14.3 Å². The molecule has 1 saturated heterocycles. The molecule has 1 fully saturated rings. The van der Waals surface area contributed by atoms with E-state index in [1.54, 1.807) is 0 Å². The molecule has 6 rings (SSSR count). The number of hydrogen-bond acceptors (Lipinski definition) is 28. The van der Waals surface area contributed by atoms with Gasteiger partial charge in [-0.3, -0.25) is 28.8 Å². The fourth-order valence-corrected chi connectivity index (χ4v) is 10.8. The van der Waals surface area contributed by atoms with Gasteiger partial charge in [0, 0.05) is 33.7 Å². The minimum absolute atomic E-state index is 0.0896. The minimum Gasteiger partial charge on any atom is -0.504 e. The number of rotatable bonds is 28. The van der Waals surface area contributed by atoms with Gasteiger partial charge in [-0.1, -0.05) is 84.0 Å². The number of benzene rings is 5. The molecule has 87 heavy (non-hydrogen) atoms. The summed E-state index contributed by atoms with van der Waals surface area (Å²) in [6, 6.07) is 1.95. The van der Waals surface area contributed by atoms with Gasteiger partial charge in [0.15, 0.2) is 121 Å². The topological polar surface area (TPSA) is 525 Å². The van der Waals surface area contributed by atoms with E-state index in [1.807, 2.05) is 0 Å². The van der Waals surface area contributed by atoms with Gasteiger partial charge in [-0.15, -0.1) is 0 Å². The number of phenols is 15. The molecule has 0 amide bonds. The summed E-state index contributed by atoms with van der Waals surface area (Å²) in [5.41, 5.74) is -17.3. The molecule has 5 aromatic carbocycles. The third kappa shape index (κ3) is 12.7. The average molecular weight is 1220 g/mol. The van der Waals surface area contributed by atoms with Crippen LogP contribution in [0.15, 0.2) is 60.7 Å². The molecule has 1 heterocycles. The highest BCUT2D eigenvalue weighted by atomic mass is 16.8. The zero-order chi connectivity index (χ0) is 64.8. The molecule has 20 N–H and O–H groups in total. The van der Waals surface area contributed by atoms with Crippen LogP contribution in [0.2, 0.25) is 0 Å². The van der Waals surface area contributed by atoms with Crippen LogP contribution >= 0.6 is 0 Å². The van der Waals surface area contributed by atoms with Gasteiger partial charge in [0.1, 0.15) is 23.7 Å². The third-order valence-electron chi connectivity index (χ3n) is 15.3. The van der Waals surface area contributed by atoms with E-state index in [0.717, 1.165) is 44.9 Å². The molecule has 0 bridgehead atoms. The second kappa shape index (κ2) is 26.9. The summed E-state index contributed by atoms with van der Waals surface area (Å²) in [7, 11) is 0. The van der Waals surface area contributed by atoms with Gasteiger partial charge >= 0.3 is 11.9 Å². The second-order valence-electron chi connectivity index (χ2n) is 21.1. The number of aliphatic hydroxyl groups is 5. The van der Waals surface area contributed by atoms with E-state index >= 15 is 28.8 Å². The number of ketones is 5. The molecule has 6 atom stereocenters. The summed E-state index contributed by atoms with van der Waals surface area (Å²) >= 11 is 0. The van der Waals surface area contributed by atoms with E-state index in [2.05, 4.69) is 6.92 Å². The lowest BCUT2D eigenvalue weighted by molar-refractivity contribution is -0.435. The second-order valence-corrected chi connectivity index (χ2v) is 21.1. The van der Waals surface area contributed by atoms with Crippen LogP contribution in [-0.4, -0.2) is 174 Å². The standard InChI is InChI=1S/C59H66O28/c1-2-3-4-5-6-7-8-9-10-11-12-13-14-31(43(71)26-15-32(61)44(72)33(62)16-26)57(51(79)27-17-34(63)45(73)35(64)18-27,52(80)28-19-36(65)46(74)37(66)20-28)58(53(81)29-21-38(67)47(75)39(68)22-29,54(82)30-23-40(69)48(76)41(70)24-30)56(84)87-59(85)55(83)50(78)49(77)42(25-60)86-59/h15-24,31,42,49-50,55,60-70,72-78,83,85H,2-14,25H2,1H3/t31?,42-,49-,50+,55-,59?/m1/s1. The highest BCUT2D eigenvalue weighted by Crippen LogP contribution is 2.60. The van der Waals surface area contributed by atoms with Gasteiger partial charge in [0.2, 0.25) is 5.41 Å². The number of carbonyl (C=O) groups is 6. The first-order chi connectivity index (χ1) is 40.9. The lowest BCUT2D eigenvalue weighted by Gasteiger charge is -2.50. The summed E-state index contributed by atoms with van der Waals surface area (Å²) in [5, 5.41) is 219. The molecule has 5 aromatic rings. The van der Waals surface area contributed by atoms with Crippen LogP contribution in [0.5, 0.6) is 86.2 Å². The molecule has 0 aromatic heterocycles. The van der Waals surface area contributed by atoms with E-state index in [9.17, 15) is 102 Å². The van der Waals surface area contributed by atoms with Gasteiger partial charge in [-0.2, -0.15) is 0 Å². The van der Waals surface area contributed by atoms with Crippen molar-refractivity contribution >= 4 is 34.9 Å². The SMILES string of the molecule is CCCCCCCCCCCCCCC(C(=O)c1cc(O)c(O)c(O)c1)C(C(=O)c1cc(O)c(O)c(O)c1)(C(=O)c1cc(O)c(O)c(O)c1)C(C(=O)OC1(O)O[C@H](CO)[C@@H](O)[C@H](O)[C@H]1O)(C(=O)c1cc(O)c(O)c(O)c1)C(=O)c1cc(O)c(O)c(O)c1. The number of esters is 1. The number of hydrogen-bond donors (Lipinski definition) is 20. The Hall–Kier alpha value is -9.32. The molecule has 0 radical (unpaired) electrons. The van der Waals surface area contributed by atoms with Crippen molar-refractivity contribution in [2.75, 3.05) is 6.61 Å². The van der Waals surface area contributed by atoms with Crippen molar-refractivity contribution in [1.29, 1.82) is 0 Å². The van der Waals surface area contributed by atoms with Gasteiger partial charge in [0.25, 0.3) is 0 Å². The molecule has 2 unspecified atom stereocenters. The number of aliphatic hydroxyl groups excluding tert-OH is 4. The van der Waals surface area contributed by atoms with Crippen LogP contribution in [0.4, 0.5) is 0 Å². The monoisotopic (exact) mass is 1220 g/mol. The maximum absolute atomic E-state index is 17.0. The molecule has 28 nitrogen and oxygen atoms in total. The van der Waals surface area contributed by atoms with E-state index in [0.29, 0.717) is 25.0 Å². The quantitative estimate of drug-likeness (QED) is 0.00827. The van der Waals surface area contributed by atoms with Gasteiger partial charge in [0.05, 0.1) is 6.61 Å². The molecule has 28 heteroatoms. The number of Topliss-reactive ketones (excluding diaryl/α,β-unsaturated/α-hetero) is 5. The summed E-state index contributed by atoms with van der Waals surface area (Å²) < 4.78 is 10.5. The minimum atomic E-state index is -5.19. The number of carbonyl (C=O) groups excluding carboxylic acids is 6. The molecular formula is C59H66O28. The van der Waals surface area contributed by atoms with Gasteiger partial charge in [-0.25, -0.2) is 0 Å². The molecule has 470 valence electrons. The van der Waals surface area contributed by atoms with Crippen LogP contribution in [0.1, 0.15) is 142 Å². The normalized spacial score (nSPS) is 18.2. The predicted octanol–water partition coefficient (Wildman–Crippen LogP) is 4.33. The lowest BCUT2D eigenvalue weighted by atomic mass is 9.46. The Labute approximate surface area is 492 Å². The van der Waals surface area contributed by atoms with E-state index in [-0.39, 0.29) is 61.4 Å². The fraction of sp³-hybridized carbons (Fsp3) is 0.390. The van der Waals surface area contributed by atoms with E-state index in [4.69, 9.17) is 9.47 Å². The van der Waals surface area contributed by atoms with Crippen LogP contribution in [0.3, 0.4) is 0 Å². The highest BCUT2D eigenvalue weighted by molar-refractivity contribution is 6.41. The Morgan fingerprint density at radius 2 is 0.736 bits per heavy atom. The van der Waals surface area contributed by atoms with Crippen molar-refractivity contribution in [2.45, 2.75) is 121 Å². The first kappa shape index (κ1) is 66.8. The van der Waals surface area contributed by atoms with Crippen molar-refractivity contribution in [3.8, 4) is 86.2 Å². The van der Waals surface area contributed by atoms with E-state index < -0.39 is 216 Å². The molecule has 0 saturated carbocycles. The first-order valence-corrected chi connectivity index (χ1v) is 27.2. The summed E-state index contributed by atoms with van der Waals surface area (Å²) in [4.78, 5) is 101. The van der Waals surface area contributed by atoms with Crippen molar-refractivity contribution in [3.63, 3.8) is 0 Å². The molecule has 0 aliphatic carbocycles. The fourth-order valence-electron chi connectivity index (χ4n) is 10.8. The summed E-state index contributed by atoms with van der Waals surface area (Å²) in [6.45, 7) is 0.587. The predicted molar refractivity (Wildman–Crippen MR) is 294 cm³/mol. The lowest BCUT2D eigenvalue weighted by Crippen LogP contribution is -2.72. The maximum Gasteiger partial charge on any atom is 0.357 e. The molecule has 1 aliphatic rings. The smallest absolute Gasteiger partial charge is 0.357 e. The maximum atomic E-state index is 17.0. The Morgan fingerprint density at radius 1 is 0.448 bits per heavy atom. The van der Waals surface area contributed by atoms with Crippen molar-refractivity contribution < 1.29 is 140 Å². The summed E-state index contributed by atoms with van der Waals surface area (Å²) in [5.74, 6) is -45.0. The number of phenolic OH excluding ortho intramolecular Hbond substituents is 15. The Morgan fingerprint density at radius 3 is 1.05 bits per heavy atom. The molecule has 0 spiro atoms. The van der Waals surface area contributed by atoms with Crippen molar-refractivity contribution in [3.05, 3.63) is 88.5 Å². The number of unbranched alkanes of at least 4 members (excludes halogenated alkanes) is 11. The Kier molecular flexibility index (Phi) is 20.7. The largest absolute Gasteiger partial charge is 0.504 e. The number of ether oxygens (including phenoxy) is 2. The third-order valence-corrected chi connectivity index (χ3v) is 15.3. The molecular weight excluding hydrogens is 1160 g/mol. The number of aromatic hydroxyl groups is 15. The Bertz CT molecular complexity index is 3190. The van der Waals surface area contributed by atoms with Crippen LogP contribution < -0.4 is 0 Å². The summed E-state index contributed by atoms with van der Waals surface area (Å²) in [6.07, 6.45) is -4.88. The van der Waals surface area contributed by atoms with Gasteiger partial charge in [-0.05, 0) is 67.1 Å². The van der Waals surface area contributed by atoms with Crippen LogP contribution in [0, 0.1) is 16.7 Å². The zero-order valence-corrected chi connectivity index (χ0v) is 46.3. The zero-order valence-electron chi connectivity index (χ0n) is 46.3. The first-order valence-electron chi connectivity index (χ1n) is 27.2. The van der Waals surface area contributed by atoms with Gasteiger partial charge < -0.3 is 112 Å². The van der Waals surface area contributed by atoms with E-state index in [1.165, 1.54) is 0 Å².